The van der Waals surface area contributed by atoms with Crippen molar-refractivity contribution in [1.29, 1.82) is 0 Å². The van der Waals surface area contributed by atoms with Gasteiger partial charge in [-0.25, -0.2) is 0 Å². The van der Waals surface area contributed by atoms with Gasteiger partial charge in [0.15, 0.2) is 0 Å². The maximum atomic E-state index is 6.49. The van der Waals surface area contributed by atoms with E-state index in [1.54, 1.807) is 0 Å². The van der Waals surface area contributed by atoms with Crippen LogP contribution in [0.15, 0.2) is 61.2 Å². The molecule has 0 fully saturated rings. The second-order valence-corrected chi connectivity index (χ2v) is 7.88. The minimum Gasteiger partial charge on any atom is -0.346 e. The lowest BCUT2D eigenvalue weighted by molar-refractivity contribution is -0.258. The van der Waals surface area contributed by atoms with Gasteiger partial charge in [-0.15, -0.1) is 0 Å². The van der Waals surface area contributed by atoms with Crippen LogP contribution < -0.4 is 0 Å². The Kier molecular flexibility index (Phi) is 10.9. The van der Waals surface area contributed by atoms with E-state index in [0.29, 0.717) is 13.2 Å². The van der Waals surface area contributed by atoms with Crippen molar-refractivity contribution in [2.45, 2.75) is 77.4 Å². The highest BCUT2D eigenvalue weighted by Crippen LogP contribution is 2.44. The van der Waals surface area contributed by atoms with Gasteiger partial charge in [-0.2, -0.15) is 0 Å². The highest BCUT2D eigenvalue weighted by atomic mass is 16.7. The van der Waals surface area contributed by atoms with Gasteiger partial charge < -0.3 is 9.47 Å². The second-order valence-electron chi connectivity index (χ2n) is 7.88. The van der Waals surface area contributed by atoms with Gasteiger partial charge in [-0.3, -0.25) is 0 Å². The first-order valence-corrected chi connectivity index (χ1v) is 11.8. The molecule has 0 saturated carbocycles. The first-order valence-electron chi connectivity index (χ1n) is 11.8. The number of hydrogen-bond acceptors (Lipinski definition) is 2. The Labute approximate surface area is 184 Å². The van der Waals surface area contributed by atoms with Crippen LogP contribution in [0.1, 0.15) is 88.3 Å². The Hall–Kier alpha value is -1.90. The third-order valence-electron chi connectivity index (χ3n) is 5.77. The van der Waals surface area contributed by atoms with E-state index in [1.807, 2.05) is 6.08 Å². The van der Waals surface area contributed by atoms with Crippen LogP contribution in [0.4, 0.5) is 0 Å². The molecule has 0 saturated heterocycles. The van der Waals surface area contributed by atoms with Crippen LogP contribution in [0.3, 0.4) is 0 Å². The Bertz CT molecular complexity index is 699. The van der Waals surface area contributed by atoms with Crippen molar-refractivity contribution in [3.63, 3.8) is 0 Å². The van der Waals surface area contributed by atoms with E-state index in [9.17, 15) is 0 Å². The molecule has 0 radical (unpaired) electrons. The molecule has 0 aromatic heterocycles. The molecule has 0 aliphatic heterocycles. The molecule has 2 heteroatoms. The van der Waals surface area contributed by atoms with E-state index >= 15 is 0 Å². The van der Waals surface area contributed by atoms with Gasteiger partial charge in [0.2, 0.25) is 5.79 Å². The van der Waals surface area contributed by atoms with Gasteiger partial charge in [0.25, 0.3) is 0 Å². The third kappa shape index (κ3) is 6.55. The van der Waals surface area contributed by atoms with Gasteiger partial charge in [0, 0.05) is 24.7 Å². The molecule has 2 rings (SSSR count). The molecule has 0 heterocycles. The van der Waals surface area contributed by atoms with Crippen LogP contribution in [-0.4, -0.2) is 13.2 Å². The van der Waals surface area contributed by atoms with Crippen molar-refractivity contribution in [1.82, 2.24) is 0 Å². The zero-order chi connectivity index (χ0) is 21.7. The molecule has 0 N–H and O–H groups in total. The van der Waals surface area contributed by atoms with E-state index in [4.69, 9.17) is 9.47 Å². The summed E-state index contributed by atoms with van der Waals surface area (Å²) in [5.41, 5.74) is 3.46. The van der Waals surface area contributed by atoms with E-state index in [-0.39, 0.29) is 5.92 Å². The van der Waals surface area contributed by atoms with Crippen LogP contribution >= 0.6 is 0 Å². The number of rotatable bonds is 15. The fourth-order valence-electron chi connectivity index (χ4n) is 4.28. The Morgan fingerprint density at radius 2 is 1.40 bits per heavy atom. The predicted molar refractivity (Wildman–Crippen MR) is 129 cm³/mol. The number of benzene rings is 2. The second kappa shape index (κ2) is 13.4. The van der Waals surface area contributed by atoms with Crippen molar-refractivity contribution >= 4 is 6.08 Å². The first kappa shape index (κ1) is 24.4. The van der Waals surface area contributed by atoms with Crippen LogP contribution in [0, 0.1) is 0 Å². The smallest absolute Gasteiger partial charge is 0.201 e. The van der Waals surface area contributed by atoms with Crippen LogP contribution in [-0.2, 0) is 15.3 Å². The fraction of sp³-hybridized carbons (Fsp3) is 0.500. The maximum absolute atomic E-state index is 6.49. The molecule has 0 spiro atoms. The zero-order valence-electron chi connectivity index (χ0n) is 19.2. The summed E-state index contributed by atoms with van der Waals surface area (Å²) in [6.07, 6.45) is 10.6. The molecule has 0 amide bonds. The Morgan fingerprint density at radius 3 is 1.97 bits per heavy atom. The van der Waals surface area contributed by atoms with Crippen molar-refractivity contribution in [2.24, 2.45) is 0 Å². The quantitative estimate of drug-likeness (QED) is 0.219. The van der Waals surface area contributed by atoms with Crippen molar-refractivity contribution in [3.8, 4) is 0 Å². The number of ether oxygens (including phenoxy) is 2. The van der Waals surface area contributed by atoms with E-state index in [0.717, 1.165) is 17.5 Å². The third-order valence-corrected chi connectivity index (χ3v) is 5.77. The lowest BCUT2D eigenvalue weighted by Gasteiger charge is -2.41. The van der Waals surface area contributed by atoms with Gasteiger partial charge in [0.1, 0.15) is 0 Å². The van der Waals surface area contributed by atoms with Gasteiger partial charge >= 0.3 is 0 Å². The number of hydrogen-bond donors (Lipinski definition) is 0. The highest BCUT2D eigenvalue weighted by molar-refractivity contribution is 5.48. The summed E-state index contributed by atoms with van der Waals surface area (Å²) < 4.78 is 13.0. The molecular weight excluding hydrogens is 368 g/mol. The summed E-state index contributed by atoms with van der Waals surface area (Å²) in [6, 6.07) is 19.2. The highest BCUT2D eigenvalue weighted by Gasteiger charge is 2.43. The van der Waals surface area contributed by atoms with Gasteiger partial charge in [-0.1, -0.05) is 113 Å². The van der Waals surface area contributed by atoms with Crippen molar-refractivity contribution < 1.29 is 9.47 Å². The van der Waals surface area contributed by atoms with Gasteiger partial charge in [-0.05, 0) is 31.4 Å². The van der Waals surface area contributed by atoms with E-state index < -0.39 is 5.79 Å². The molecule has 2 nitrogen and oxygen atoms in total. The lowest BCUT2D eigenvalue weighted by atomic mass is 9.81. The first-order chi connectivity index (χ1) is 14.7. The molecule has 1 atom stereocenters. The summed E-state index contributed by atoms with van der Waals surface area (Å²) in [5, 5.41) is 0. The SMILES string of the molecule is C=Cc1ccc(C(OCC)(OCC)C(CCCCCCCC)c2ccccc2)cc1. The molecule has 30 heavy (non-hydrogen) atoms. The molecular formula is C28H40O2. The minimum atomic E-state index is -0.784. The van der Waals surface area contributed by atoms with Crippen molar-refractivity contribution in [3.05, 3.63) is 77.9 Å². The minimum absolute atomic E-state index is 0.138. The summed E-state index contributed by atoms with van der Waals surface area (Å²) in [6.45, 7) is 11.5. The topological polar surface area (TPSA) is 18.5 Å². The Morgan fingerprint density at radius 1 is 0.800 bits per heavy atom. The van der Waals surface area contributed by atoms with Crippen LogP contribution in [0.2, 0.25) is 0 Å². The number of unbranched alkanes of at least 4 members (excludes halogenated alkanes) is 5. The standard InChI is InChI=1S/C28H40O2/c1-5-9-10-11-12-16-19-27(25-17-14-13-15-18-25)28(29-7-3,30-8-4)26-22-20-24(6-2)21-23-26/h6,13-15,17-18,20-23,27H,2,5,7-12,16,19H2,1,3-4H3. The predicted octanol–water partition coefficient (Wildman–Crippen LogP) is 8.09. The molecule has 0 aliphatic carbocycles. The monoisotopic (exact) mass is 408 g/mol. The summed E-state index contributed by atoms with van der Waals surface area (Å²) >= 11 is 0. The maximum Gasteiger partial charge on any atom is 0.201 e. The molecule has 2 aromatic rings. The van der Waals surface area contributed by atoms with Crippen molar-refractivity contribution in [2.75, 3.05) is 13.2 Å². The molecule has 1 unspecified atom stereocenters. The summed E-state index contributed by atoms with van der Waals surface area (Å²) in [7, 11) is 0. The average molecular weight is 409 g/mol. The largest absolute Gasteiger partial charge is 0.346 e. The van der Waals surface area contributed by atoms with E-state index in [1.165, 1.54) is 44.1 Å². The normalized spacial score (nSPS) is 12.6. The Balaban J connectivity index is 2.38. The molecule has 164 valence electrons. The molecule has 0 bridgehead atoms. The summed E-state index contributed by atoms with van der Waals surface area (Å²) in [5.74, 6) is -0.645. The van der Waals surface area contributed by atoms with Crippen LogP contribution in [0.5, 0.6) is 0 Å². The van der Waals surface area contributed by atoms with E-state index in [2.05, 4.69) is 81.9 Å². The average Bonchev–Trinajstić information content (AvgIpc) is 2.79. The summed E-state index contributed by atoms with van der Waals surface area (Å²) in [4.78, 5) is 0. The zero-order valence-corrected chi connectivity index (χ0v) is 19.2. The lowest BCUT2D eigenvalue weighted by Crippen LogP contribution is -2.40. The molecule has 2 aromatic carbocycles. The fourth-order valence-corrected chi connectivity index (χ4v) is 4.28. The van der Waals surface area contributed by atoms with Gasteiger partial charge in [0.05, 0.1) is 0 Å². The van der Waals surface area contributed by atoms with Crippen LogP contribution in [0.25, 0.3) is 6.08 Å². The molecule has 0 aliphatic rings.